The molecular weight excluding hydrogens is 212 g/mol. The zero-order chi connectivity index (χ0) is 12.1. The van der Waals surface area contributed by atoms with Gasteiger partial charge in [-0.15, -0.1) is 0 Å². The molecule has 1 saturated heterocycles. The van der Waals surface area contributed by atoms with E-state index in [1.807, 2.05) is 0 Å². The largest absolute Gasteiger partial charge is 0.455 e. The van der Waals surface area contributed by atoms with Crippen LogP contribution in [-0.4, -0.2) is 45.7 Å². The van der Waals surface area contributed by atoms with Gasteiger partial charge in [-0.3, -0.25) is 4.79 Å². The van der Waals surface area contributed by atoms with Crippen LogP contribution in [0.1, 0.15) is 13.8 Å². The van der Waals surface area contributed by atoms with Gasteiger partial charge in [-0.1, -0.05) is 13.0 Å². The monoisotopic (exact) mass is 228 g/mol. The molecule has 0 saturated carbocycles. The molecule has 90 valence electrons. The Kier molecular flexibility index (Phi) is 2.57. The van der Waals surface area contributed by atoms with Gasteiger partial charge in [-0.05, 0) is 18.9 Å². The lowest BCUT2D eigenvalue weighted by Gasteiger charge is -2.40. The Morgan fingerprint density at radius 1 is 1.44 bits per heavy atom. The molecule has 1 heterocycles. The van der Waals surface area contributed by atoms with Crippen molar-refractivity contribution >= 4 is 5.97 Å². The normalized spacial score (nSPS) is 45.3. The molecule has 6 unspecified atom stereocenters. The van der Waals surface area contributed by atoms with Gasteiger partial charge < -0.3 is 20.1 Å². The highest BCUT2D eigenvalue weighted by atomic mass is 16.6. The van der Waals surface area contributed by atoms with Gasteiger partial charge in [-0.25, -0.2) is 0 Å². The Morgan fingerprint density at radius 3 is 2.62 bits per heavy atom. The highest BCUT2D eigenvalue weighted by molar-refractivity contribution is 5.83. The number of carbonyl (C=O) groups is 1. The fourth-order valence-electron chi connectivity index (χ4n) is 2.68. The third kappa shape index (κ3) is 1.19. The molecule has 3 N–H and O–H groups in total. The van der Waals surface area contributed by atoms with E-state index in [0.717, 1.165) is 0 Å². The smallest absolute Gasteiger partial charge is 0.318 e. The molecule has 0 aromatic carbocycles. The number of fused-ring (bicyclic) bond motifs is 2. The molecule has 2 aliphatic rings. The first-order chi connectivity index (χ1) is 7.42. The van der Waals surface area contributed by atoms with Crippen LogP contribution in [0.25, 0.3) is 0 Å². The van der Waals surface area contributed by atoms with Crippen LogP contribution in [0.4, 0.5) is 0 Å². The summed E-state index contributed by atoms with van der Waals surface area (Å²) in [4.78, 5) is 11.9. The maximum absolute atomic E-state index is 11.9. The molecule has 0 radical (unpaired) electrons. The van der Waals surface area contributed by atoms with Gasteiger partial charge in [0.25, 0.3) is 0 Å². The van der Waals surface area contributed by atoms with Gasteiger partial charge in [0.1, 0.15) is 17.6 Å². The molecule has 5 nitrogen and oxygen atoms in total. The Balaban J connectivity index is 2.49. The lowest BCUT2D eigenvalue weighted by molar-refractivity contribution is -0.165. The van der Waals surface area contributed by atoms with Crippen LogP contribution in [0.15, 0.2) is 12.2 Å². The first kappa shape index (κ1) is 11.6. The van der Waals surface area contributed by atoms with E-state index in [1.54, 1.807) is 19.1 Å². The fourth-order valence-corrected chi connectivity index (χ4v) is 2.68. The van der Waals surface area contributed by atoms with Crippen LogP contribution in [0.3, 0.4) is 0 Å². The first-order valence-electron chi connectivity index (χ1n) is 5.36. The quantitative estimate of drug-likeness (QED) is 0.426. The van der Waals surface area contributed by atoms with Crippen LogP contribution in [0.2, 0.25) is 0 Å². The van der Waals surface area contributed by atoms with Crippen molar-refractivity contribution in [3.63, 3.8) is 0 Å². The Hall–Kier alpha value is -0.910. The van der Waals surface area contributed by atoms with Crippen molar-refractivity contribution in [2.24, 2.45) is 11.3 Å². The maximum atomic E-state index is 11.9. The van der Waals surface area contributed by atoms with Gasteiger partial charge >= 0.3 is 5.97 Å². The molecule has 0 aromatic rings. The van der Waals surface area contributed by atoms with E-state index in [0.29, 0.717) is 0 Å². The van der Waals surface area contributed by atoms with Crippen molar-refractivity contribution < 1.29 is 24.9 Å². The van der Waals surface area contributed by atoms with E-state index < -0.39 is 35.8 Å². The average molecular weight is 228 g/mol. The van der Waals surface area contributed by atoms with Crippen LogP contribution < -0.4 is 0 Å². The number of rotatable bonds is 2. The molecular formula is C11H16O5. The second kappa shape index (κ2) is 3.55. The minimum atomic E-state index is -1.44. The van der Waals surface area contributed by atoms with Gasteiger partial charge in [0.05, 0.1) is 12.2 Å². The summed E-state index contributed by atoms with van der Waals surface area (Å²) in [6.07, 6.45) is -0.905. The number of allylic oxidation sites excluding steroid dienone is 1. The number of aliphatic hydroxyl groups is 3. The summed E-state index contributed by atoms with van der Waals surface area (Å²) in [6.45, 7) is 3.10. The van der Waals surface area contributed by atoms with Gasteiger partial charge in [0.15, 0.2) is 0 Å². The van der Waals surface area contributed by atoms with Crippen molar-refractivity contribution in [3.05, 3.63) is 12.2 Å². The molecule has 0 amide bonds. The molecule has 1 aliphatic heterocycles. The molecule has 0 aromatic heterocycles. The molecule has 16 heavy (non-hydrogen) atoms. The highest BCUT2D eigenvalue weighted by Gasteiger charge is 2.65. The first-order valence-corrected chi connectivity index (χ1v) is 5.36. The third-order valence-corrected chi connectivity index (χ3v) is 3.69. The summed E-state index contributed by atoms with van der Waals surface area (Å²) >= 11 is 0. The molecule has 1 fully saturated rings. The fraction of sp³-hybridized carbons (Fsp3) is 0.727. The van der Waals surface area contributed by atoms with Crippen molar-refractivity contribution in [2.75, 3.05) is 0 Å². The molecule has 5 heteroatoms. The van der Waals surface area contributed by atoms with E-state index in [-0.39, 0.29) is 5.92 Å². The minimum Gasteiger partial charge on any atom is -0.455 e. The number of aliphatic hydroxyl groups excluding tert-OH is 3. The lowest BCUT2D eigenvalue weighted by Crippen LogP contribution is -2.57. The van der Waals surface area contributed by atoms with Crippen molar-refractivity contribution in [1.82, 2.24) is 0 Å². The Labute approximate surface area is 93.3 Å². The summed E-state index contributed by atoms with van der Waals surface area (Å²) in [6, 6.07) is 0. The molecule has 6 atom stereocenters. The Morgan fingerprint density at radius 2 is 2.06 bits per heavy atom. The SMILES string of the molecule is CC(O)C(O)C12C(=O)OC(C=CC1C)C2O. The predicted molar refractivity (Wildman–Crippen MR) is 54.3 cm³/mol. The third-order valence-electron chi connectivity index (χ3n) is 3.69. The van der Waals surface area contributed by atoms with Crippen LogP contribution in [0, 0.1) is 11.3 Å². The van der Waals surface area contributed by atoms with E-state index in [9.17, 15) is 20.1 Å². The van der Waals surface area contributed by atoms with Crippen LogP contribution in [-0.2, 0) is 9.53 Å². The zero-order valence-corrected chi connectivity index (χ0v) is 9.20. The van der Waals surface area contributed by atoms with Gasteiger partial charge in [0, 0.05) is 0 Å². The lowest BCUT2D eigenvalue weighted by atomic mass is 9.64. The van der Waals surface area contributed by atoms with Crippen molar-refractivity contribution in [1.29, 1.82) is 0 Å². The zero-order valence-electron chi connectivity index (χ0n) is 9.20. The summed E-state index contributed by atoms with van der Waals surface area (Å²) in [5, 5.41) is 29.5. The molecule has 2 rings (SSSR count). The summed E-state index contributed by atoms with van der Waals surface area (Å²) in [5.41, 5.74) is -1.44. The minimum absolute atomic E-state index is 0.377. The van der Waals surface area contributed by atoms with Crippen LogP contribution >= 0.6 is 0 Å². The predicted octanol–water partition coefficient (Wildman–Crippen LogP) is -0.793. The second-order valence-corrected chi connectivity index (χ2v) is 4.61. The number of ether oxygens (including phenoxy) is 1. The average Bonchev–Trinajstić information content (AvgIpc) is 2.37. The topological polar surface area (TPSA) is 87.0 Å². The van der Waals surface area contributed by atoms with E-state index >= 15 is 0 Å². The molecule has 1 aliphatic carbocycles. The Bertz CT molecular complexity index is 337. The number of carbonyl (C=O) groups excluding carboxylic acids is 1. The number of hydrogen-bond donors (Lipinski definition) is 3. The van der Waals surface area contributed by atoms with Gasteiger partial charge in [-0.2, -0.15) is 0 Å². The highest BCUT2D eigenvalue weighted by Crippen LogP contribution is 2.48. The van der Waals surface area contributed by atoms with Crippen LogP contribution in [0.5, 0.6) is 0 Å². The van der Waals surface area contributed by atoms with Gasteiger partial charge in [0.2, 0.25) is 0 Å². The number of esters is 1. The summed E-state index contributed by atoms with van der Waals surface area (Å²) in [7, 11) is 0. The standard InChI is InChI=1S/C11H16O5/c1-5-3-4-7-9(14)11(5,10(15)16-7)8(13)6(2)12/h3-9,12-14H,1-2H3. The second-order valence-electron chi connectivity index (χ2n) is 4.61. The van der Waals surface area contributed by atoms with Crippen molar-refractivity contribution in [2.45, 2.75) is 38.3 Å². The molecule has 2 bridgehead atoms. The maximum Gasteiger partial charge on any atom is 0.318 e. The van der Waals surface area contributed by atoms with E-state index in [4.69, 9.17) is 4.74 Å². The van der Waals surface area contributed by atoms with E-state index in [1.165, 1.54) is 6.92 Å². The van der Waals surface area contributed by atoms with Crippen molar-refractivity contribution in [3.8, 4) is 0 Å². The molecule has 0 spiro atoms. The summed E-state index contributed by atoms with van der Waals surface area (Å²) in [5.74, 6) is -1.02. The number of hydrogen-bond acceptors (Lipinski definition) is 5. The van der Waals surface area contributed by atoms with E-state index in [2.05, 4.69) is 0 Å². The summed E-state index contributed by atoms with van der Waals surface area (Å²) < 4.78 is 5.00.